The van der Waals surface area contributed by atoms with Crippen molar-refractivity contribution in [2.45, 2.75) is 45.9 Å². The topological polar surface area (TPSA) is 102 Å². The summed E-state index contributed by atoms with van der Waals surface area (Å²) in [4.78, 5) is 38.9. The second-order valence-corrected chi connectivity index (χ2v) is 8.79. The smallest absolute Gasteiger partial charge is 0.417 e. The molecule has 1 atom stereocenters. The fraction of sp³-hybridized carbons (Fsp3) is 0.375. The van der Waals surface area contributed by atoms with Crippen LogP contribution in [-0.4, -0.2) is 47.8 Å². The number of hydrogen-bond donors (Lipinski definition) is 1. The zero-order valence-corrected chi connectivity index (χ0v) is 19.1. The third-order valence-corrected chi connectivity index (χ3v) is 5.02. The molecule has 1 aliphatic heterocycles. The van der Waals surface area contributed by atoms with E-state index in [1.807, 2.05) is 12.1 Å². The second-order valence-electron chi connectivity index (χ2n) is 8.79. The molecule has 0 spiro atoms. The fourth-order valence-corrected chi connectivity index (χ4v) is 3.41. The van der Waals surface area contributed by atoms with E-state index in [-0.39, 0.29) is 13.1 Å². The number of rotatable bonds is 5. The molecule has 0 radical (unpaired) electrons. The molecular weight excluding hydrogens is 429 g/mol. The van der Waals surface area contributed by atoms with E-state index in [0.717, 1.165) is 10.5 Å². The standard InChI is InChI=1S/C24H28FN3O5/c1-15(29)27(23(31)33-24(2,3)4)13-19-14-28(22(30)32-19)18-9-10-20(21(25)11-18)17-7-5-16(12-26)6-8-17/h5-11,19H,12-14,26H2,1-4H3/t19-/m0/s1. The molecule has 0 saturated carbocycles. The van der Waals surface area contributed by atoms with Crippen LogP contribution in [0.5, 0.6) is 0 Å². The van der Waals surface area contributed by atoms with Crippen molar-refractivity contribution in [1.29, 1.82) is 0 Å². The maximum Gasteiger partial charge on any atom is 0.417 e. The minimum atomic E-state index is -0.819. The summed E-state index contributed by atoms with van der Waals surface area (Å²) >= 11 is 0. The van der Waals surface area contributed by atoms with Gasteiger partial charge in [-0.1, -0.05) is 24.3 Å². The normalized spacial score (nSPS) is 15.9. The molecule has 1 heterocycles. The Kier molecular flexibility index (Phi) is 7.02. The lowest BCUT2D eigenvalue weighted by Gasteiger charge is -2.26. The summed E-state index contributed by atoms with van der Waals surface area (Å²) in [5.41, 5.74) is 7.14. The van der Waals surface area contributed by atoms with Gasteiger partial charge in [0, 0.05) is 19.0 Å². The minimum Gasteiger partial charge on any atom is -0.443 e. The molecule has 33 heavy (non-hydrogen) atoms. The monoisotopic (exact) mass is 457 g/mol. The van der Waals surface area contributed by atoms with E-state index in [2.05, 4.69) is 0 Å². The molecule has 2 N–H and O–H groups in total. The molecule has 9 heteroatoms. The largest absolute Gasteiger partial charge is 0.443 e. The molecule has 3 rings (SSSR count). The number of carbonyl (C=O) groups excluding carboxylic acids is 3. The Bertz CT molecular complexity index is 1050. The van der Waals surface area contributed by atoms with E-state index >= 15 is 0 Å². The number of hydrogen-bond acceptors (Lipinski definition) is 6. The zero-order chi connectivity index (χ0) is 24.3. The third-order valence-electron chi connectivity index (χ3n) is 5.02. The van der Waals surface area contributed by atoms with Crippen molar-refractivity contribution < 1.29 is 28.2 Å². The maximum atomic E-state index is 14.9. The van der Waals surface area contributed by atoms with E-state index in [1.165, 1.54) is 17.9 Å². The summed E-state index contributed by atoms with van der Waals surface area (Å²) in [7, 11) is 0. The molecule has 1 saturated heterocycles. The van der Waals surface area contributed by atoms with Crippen LogP contribution in [-0.2, 0) is 20.8 Å². The van der Waals surface area contributed by atoms with Gasteiger partial charge in [-0.15, -0.1) is 0 Å². The van der Waals surface area contributed by atoms with Gasteiger partial charge in [0.1, 0.15) is 17.5 Å². The molecule has 2 aromatic rings. The highest BCUT2D eigenvalue weighted by atomic mass is 19.1. The van der Waals surface area contributed by atoms with Crippen LogP contribution in [0.1, 0.15) is 33.3 Å². The summed E-state index contributed by atoms with van der Waals surface area (Å²) in [6.45, 7) is 6.57. The van der Waals surface area contributed by atoms with Gasteiger partial charge in [-0.25, -0.2) is 18.9 Å². The molecule has 176 valence electrons. The van der Waals surface area contributed by atoms with Gasteiger partial charge in [0.05, 0.1) is 18.8 Å². The highest BCUT2D eigenvalue weighted by Crippen LogP contribution is 2.29. The Morgan fingerprint density at radius 1 is 1.21 bits per heavy atom. The van der Waals surface area contributed by atoms with Crippen LogP contribution in [0.15, 0.2) is 42.5 Å². The van der Waals surface area contributed by atoms with Crippen LogP contribution in [0.3, 0.4) is 0 Å². The van der Waals surface area contributed by atoms with Gasteiger partial charge in [-0.3, -0.25) is 9.69 Å². The van der Waals surface area contributed by atoms with Gasteiger partial charge < -0.3 is 15.2 Å². The van der Waals surface area contributed by atoms with Gasteiger partial charge in [0.25, 0.3) is 0 Å². The molecule has 1 fully saturated rings. The molecular formula is C24H28FN3O5. The summed E-state index contributed by atoms with van der Waals surface area (Å²) < 4.78 is 25.4. The first-order valence-corrected chi connectivity index (χ1v) is 10.6. The van der Waals surface area contributed by atoms with Gasteiger partial charge in [-0.05, 0) is 50.1 Å². The summed E-state index contributed by atoms with van der Waals surface area (Å²) in [5, 5.41) is 0. The van der Waals surface area contributed by atoms with E-state index in [1.54, 1.807) is 45.0 Å². The quantitative estimate of drug-likeness (QED) is 0.727. The van der Waals surface area contributed by atoms with Crippen molar-refractivity contribution in [2.24, 2.45) is 5.73 Å². The van der Waals surface area contributed by atoms with E-state index in [9.17, 15) is 18.8 Å². The van der Waals surface area contributed by atoms with Crippen LogP contribution >= 0.6 is 0 Å². The van der Waals surface area contributed by atoms with Crippen molar-refractivity contribution in [3.63, 3.8) is 0 Å². The first-order valence-electron chi connectivity index (χ1n) is 10.6. The Morgan fingerprint density at radius 2 is 1.88 bits per heavy atom. The highest BCUT2D eigenvalue weighted by molar-refractivity contribution is 5.92. The van der Waals surface area contributed by atoms with Crippen molar-refractivity contribution >= 4 is 23.8 Å². The van der Waals surface area contributed by atoms with Crippen LogP contribution in [0.4, 0.5) is 19.7 Å². The maximum absolute atomic E-state index is 14.9. The number of nitrogens with two attached hydrogens (primary N) is 1. The lowest BCUT2D eigenvalue weighted by atomic mass is 10.0. The number of ether oxygens (including phenoxy) is 2. The average Bonchev–Trinajstić information content (AvgIpc) is 3.10. The molecule has 0 bridgehead atoms. The van der Waals surface area contributed by atoms with Crippen LogP contribution in [0, 0.1) is 5.82 Å². The number of anilines is 1. The van der Waals surface area contributed by atoms with E-state index in [4.69, 9.17) is 15.2 Å². The SMILES string of the molecule is CC(=O)N(C[C@H]1CN(c2ccc(-c3ccc(CN)cc3)c(F)c2)C(=O)O1)C(=O)OC(C)(C)C. The summed E-state index contributed by atoms with van der Waals surface area (Å²) in [5.74, 6) is -1.03. The Balaban J connectivity index is 1.73. The van der Waals surface area contributed by atoms with Crippen molar-refractivity contribution in [2.75, 3.05) is 18.0 Å². The van der Waals surface area contributed by atoms with Crippen LogP contribution in [0.25, 0.3) is 11.1 Å². The predicted octanol–water partition coefficient (Wildman–Crippen LogP) is 4.06. The fourth-order valence-electron chi connectivity index (χ4n) is 3.41. The Morgan fingerprint density at radius 3 is 2.42 bits per heavy atom. The molecule has 2 aromatic carbocycles. The number of nitrogens with zero attached hydrogens (tertiary/aromatic N) is 2. The van der Waals surface area contributed by atoms with Gasteiger partial charge in [0.2, 0.25) is 5.91 Å². The lowest BCUT2D eigenvalue weighted by molar-refractivity contribution is -0.129. The Labute approximate surface area is 192 Å². The molecule has 8 nitrogen and oxygen atoms in total. The first kappa shape index (κ1) is 24.2. The number of carbonyl (C=O) groups is 3. The zero-order valence-electron chi connectivity index (χ0n) is 19.1. The van der Waals surface area contributed by atoms with Crippen LogP contribution < -0.4 is 10.6 Å². The van der Waals surface area contributed by atoms with Crippen molar-refractivity contribution in [3.8, 4) is 11.1 Å². The molecule has 1 aliphatic rings. The summed E-state index contributed by atoms with van der Waals surface area (Å²) in [6, 6.07) is 11.7. The van der Waals surface area contributed by atoms with Gasteiger partial charge >= 0.3 is 12.2 Å². The summed E-state index contributed by atoms with van der Waals surface area (Å²) in [6.07, 6.45) is -2.28. The average molecular weight is 458 g/mol. The third kappa shape index (κ3) is 5.87. The van der Waals surface area contributed by atoms with E-state index in [0.29, 0.717) is 23.4 Å². The number of imide groups is 1. The van der Waals surface area contributed by atoms with Gasteiger partial charge in [-0.2, -0.15) is 0 Å². The van der Waals surface area contributed by atoms with Gasteiger partial charge in [0.15, 0.2) is 0 Å². The second kappa shape index (κ2) is 9.58. The number of halogens is 1. The number of amides is 3. The number of cyclic esters (lactones) is 1. The minimum absolute atomic E-state index is 0.0510. The van der Waals surface area contributed by atoms with Crippen molar-refractivity contribution in [1.82, 2.24) is 4.90 Å². The molecule has 3 amide bonds. The lowest BCUT2D eigenvalue weighted by Crippen LogP contribution is -2.44. The first-order chi connectivity index (χ1) is 15.5. The molecule has 0 unspecified atom stereocenters. The number of benzene rings is 2. The van der Waals surface area contributed by atoms with E-state index < -0.39 is 35.6 Å². The van der Waals surface area contributed by atoms with Crippen LogP contribution in [0.2, 0.25) is 0 Å². The highest BCUT2D eigenvalue weighted by Gasteiger charge is 2.37. The molecule has 0 aliphatic carbocycles. The molecule has 0 aromatic heterocycles. The predicted molar refractivity (Wildman–Crippen MR) is 121 cm³/mol. The Hall–Kier alpha value is -3.46. The van der Waals surface area contributed by atoms with Crippen molar-refractivity contribution in [3.05, 3.63) is 53.8 Å².